The second-order valence-corrected chi connectivity index (χ2v) is 6.73. The molecule has 1 aromatic rings. The van der Waals surface area contributed by atoms with Crippen LogP contribution in [0.5, 0.6) is 5.75 Å². The number of rotatable bonds is 3. The van der Waals surface area contributed by atoms with Crippen LogP contribution >= 0.6 is 0 Å². The molecule has 0 radical (unpaired) electrons. The van der Waals surface area contributed by atoms with E-state index in [0.29, 0.717) is 24.4 Å². The fourth-order valence-corrected chi connectivity index (χ4v) is 3.39. The summed E-state index contributed by atoms with van der Waals surface area (Å²) in [7, 11) is 1.52. The van der Waals surface area contributed by atoms with E-state index < -0.39 is 12.1 Å². The largest absolute Gasteiger partial charge is 0.496 e. The van der Waals surface area contributed by atoms with Crippen LogP contribution in [0.2, 0.25) is 0 Å². The van der Waals surface area contributed by atoms with E-state index in [0.717, 1.165) is 0 Å². The molecule has 2 aliphatic rings. The first kappa shape index (κ1) is 17.3. The lowest BCUT2D eigenvalue weighted by atomic mass is 9.96. The zero-order valence-electron chi connectivity index (χ0n) is 14.7. The molecule has 7 heteroatoms. The molecule has 25 heavy (non-hydrogen) atoms. The van der Waals surface area contributed by atoms with E-state index in [9.17, 15) is 14.4 Å². The SMILES string of the molecule is COc1ccccc1C(=O)N1CCN2C(=O)[C@H](C(C)C)NC(=O)[C@H]2C1. The Morgan fingerprint density at radius 1 is 1.24 bits per heavy atom. The van der Waals surface area contributed by atoms with Gasteiger partial charge in [-0.1, -0.05) is 26.0 Å². The van der Waals surface area contributed by atoms with Crippen molar-refractivity contribution in [2.24, 2.45) is 5.92 Å². The molecule has 2 aliphatic heterocycles. The number of piperazine rings is 2. The second-order valence-electron chi connectivity index (χ2n) is 6.73. The van der Waals surface area contributed by atoms with Crippen LogP contribution in [0, 0.1) is 5.92 Å². The summed E-state index contributed by atoms with van der Waals surface area (Å²) < 4.78 is 5.25. The maximum atomic E-state index is 12.8. The van der Waals surface area contributed by atoms with Crippen molar-refractivity contribution in [2.75, 3.05) is 26.7 Å². The van der Waals surface area contributed by atoms with Gasteiger partial charge < -0.3 is 19.9 Å². The minimum Gasteiger partial charge on any atom is -0.496 e. The molecule has 0 unspecified atom stereocenters. The summed E-state index contributed by atoms with van der Waals surface area (Å²) in [4.78, 5) is 41.1. The first-order valence-electron chi connectivity index (χ1n) is 8.47. The van der Waals surface area contributed by atoms with E-state index >= 15 is 0 Å². The van der Waals surface area contributed by atoms with Crippen molar-refractivity contribution in [3.63, 3.8) is 0 Å². The van der Waals surface area contributed by atoms with Crippen LogP contribution in [0.4, 0.5) is 0 Å². The van der Waals surface area contributed by atoms with Gasteiger partial charge in [0, 0.05) is 13.1 Å². The van der Waals surface area contributed by atoms with Gasteiger partial charge in [0.1, 0.15) is 17.8 Å². The minimum absolute atomic E-state index is 0.0330. The van der Waals surface area contributed by atoms with E-state index in [2.05, 4.69) is 5.32 Å². The molecule has 2 atom stereocenters. The average molecular weight is 345 g/mol. The molecule has 1 aromatic carbocycles. The zero-order valence-corrected chi connectivity index (χ0v) is 14.7. The number of benzene rings is 1. The van der Waals surface area contributed by atoms with Gasteiger partial charge >= 0.3 is 0 Å². The summed E-state index contributed by atoms with van der Waals surface area (Å²) in [5.41, 5.74) is 0.459. The van der Waals surface area contributed by atoms with E-state index in [1.54, 1.807) is 34.1 Å². The Labute approximate surface area is 146 Å². The van der Waals surface area contributed by atoms with Crippen molar-refractivity contribution in [1.29, 1.82) is 0 Å². The Morgan fingerprint density at radius 2 is 1.96 bits per heavy atom. The van der Waals surface area contributed by atoms with Crippen molar-refractivity contribution in [3.8, 4) is 5.75 Å². The van der Waals surface area contributed by atoms with Crippen LogP contribution in [0.25, 0.3) is 0 Å². The molecule has 0 spiro atoms. The zero-order chi connectivity index (χ0) is 18.1. The van der Waals surface area contributed by atoms with Gasteiger partial charge in [-0.2, -0.15) is 0 Å². The molecule has 3 rings (SSSR count). The Morgan fingerprint density at radius 3 is 2.64 bits per heavy atom. The number of nitrogens with one attached hydrogen (secondary N) is 1. The third-order valence-electron chi connectivity index (χ3n) is 4.82. The van der Waals surface area contributed by atoms with Crippen molar-refractivity contribution in [1.82, 2.24) is 15.1 Å². The van der Waals surface area contributed by atoms with Gasteiger partial charge in [-0.05, 0) is 18.1 Å². The molecule has 3 amide bonds. The fraction of sp³-hybridized carbons (Fsp3) is 0.500. The number of carbonyl (C=O) groups is 3. The topological polar surface area (TPSA) is 79.0 Å². The maximum Gasteiger partial charge on any atom is 0.257 e. The van der Waals surface area contributed by atoms with Gasteiger partial charge in [-0.3, -0.25) is 14.4 Å². The third-order valence-corrected chi connectivity index (χ3v) is 4.82. The number of para-hydroxylation sites is 1. The molecule has 2 fully saturated rings. The molecule has 0 aliphatic carbocycles. The predicted molar refractivity (Wildman–Crippen MR) is 91.2 cm³/mol. The first-order chi connectivity index (χ1) is 11.9. The predicted octanol–water partition coefficient (Wildman–Crippen LogP) is 0.503. The van der Waals surface area contributed by atoms with Crippen molar-refractivity contribution in [3.05, 3.63) is 29.8 Å². The van der Waals surface area contributed by atoms with Crippen molar-refractivity contribution >= 4 is 17.7 Å². The lowest BCUT2D eigenvalue weighted by Gasteiger charge is -2.46. The average Bonchev–Trinajstić information content (AvgIpc) is 2.63. The van der Waals surface area contributed by atoms with E-state index in [1.807, 2.05) is 13.8 Å². The smallest absolute Gasteiger partial charge is 0.257 e. The van der Waals surface area contributed by atoms with Crippen molar-refractivity contribution < 1.29 is 19.1 Å². The molecule has 0 aromatic heterocycles. The highest BCUT2D eigenvalue weighted by molar-refractivity contribution is 6.00. The highest BCUT2D eigenvalue weighted by Gasteiger charge is 2.45. The number of ether oxygens (including phenoxy) is 1. The van der Waals surface area contributed by atoms with Gasteiger partial charge in [0.2, 0.25) is 11.8 Å². The van der Waals surface area contributed by atoms with Crippen LogP contribution < -0.4 is 10.1 Å². The number of nitrogens with zero attached hydrogens (tertiary/aromatic N) is 2. The number of methoxy groups -OCH3 is 1. The number of carbonyl (C=O) groups excluding carboxylic acids is 3. The summed E-state index contributed by atoms with van der Waals surface area (Å²) in [6.45, 7) is 4.77. The van der Waals surface area contributed by atoms with Crippen LogP contribution in [0.3, 0.4) is 0 Å². The summed E-state index contributed by atoms with van der Waals surface area (Å²) in [6, 6.07) is 5.89. The monoisotopic (exact) mass is 345 g/mol. The van der Waals surface area contributed by atoms with Crippen molar-refractivity contribution in [2.45, 2.75) is 25.9 Å². The highest BCUT2D eigenvalue weighted by atomic mass is 16.5. The van der Waals surface area contributed by atoms with Crippen LogP contribution in [-0.4, -0.2) is 66.3 Å². The lowest BCUT2D eigenvalue weighted by molar-refractivity contribution is -0.153. The van der Waals surface area contributed by atoms with E-state index in [1.165, 1.54) is 7.11 Å². The summed E-state index contributed by atoms with van der Waals surface area (Å²) in [5.74, 6) is 0.0766. The summed E-state index contributed by atoms with van der Waals surface area (Å²) in [5, 5.41) is 2.79. The van der Waals surface area contributed by atoms with Gasteiger partial charge in [0.25, 0.3) is 5.91 Å². The molecular weight excluding hydrogens is 322 g/mol. The Balaban J connectivity index is 1.78. The molecule has 0 bridgehead atoms. The van der Waals surface area contributed by atoms with Gasteiger partial charge in [-0.15, -0.1) is 0 Å². The number of hydrogen-bond donors (Lipinski definition) is 1. The normalized spacial score (nSPS) is 23.4. The summed E-state index contributed by atoms with van der Waals surface area (Å²) in [6.07, 6.45) is 0. The second kappa shape index (κ2) is 6.74. The van der Waals surface area contributed by atoms with Gasteiger partial charge in [-0.25, -0.2) is 0 Å². The molecule has 134 valence electrons. The number of amides is 3. The molecule has 7 nitrogen and oxygen atoms in total. The number of hydrogen-bond acceptors (Lipinski definition) is 4. The Kier molecular flexibility index (Phi) is 4.65. The summed E-state index contributed by atoms with van der Waals surface area (Å²) >= 11 is 0. The Hall–Kier alpha value is -2.57. The van der Waals surface area contributed by atoms with E-state index in [-0.39, 0.29) is 30.2 Å². The standard InChI is InChI=1S/C18H23N3O4/c1-11(2)15-18(24)21-9-8-20(10-13(21)16(22)19-15)17(23)12-6-4-5-7-14(12)25-3/h4-7,11,13,15H,8-10H2,1-3H3,(H,19,22)/t13-,15+/m1/s1. The third kappa shape index (κ3) is 3.06. The molecular formula is C18H23N3O4. The van der Waals surface area contributed by atoms with E-state index in [4.69, 9.17) is 4.74 Å². The number of fused-ring (bicyclic) bond motifs is 1. The molecule has 0 saturated carbocycles. The maximum absolute atomic E-state index is 12.8. The molecule has 2 saturated heterocycles. The van der Waals surface area contributed by atoms with Gasteiger partial charge in [0.15, 0.2) is 0 Å². The molecule has 2 heterocycles. The van der Waals surface area contributed by atoms with Crippen LogP contribution in [0.1, 0.15) is 24.2 Å². The minimum atomic E-state index is -0.630. The first-order valence-corrected chi connectivity index (χ1v) is 8.47. The molecule has 1 N–H and O–H groups in total. The van der Waals surface area contributed by atoms with Crippen LogP contribution in [0.15, 0.2) is 24.3 Å². The highest BCUT2D eigenvalue weighted by Crippen LogP contribution is 2.23. The fourth-order valence-electron chi connectivity index (χ4n) is 3.39. The lowest BCUT2D eigenvalue weighted by Crippen LogP contribution is -2.70. The Bertz CT molecular complexity index is 703. The van der Waals surface area contributed by atoms with Crippen LogP contribution in [-0.2, 0) is 9.59 Å². The van der Waals surface area contributed by atoms with Gasteiger partial charge in [0.05, 0.1) is 19.2 Å². The quantitative estimate of drug-likeness (QED) is 0.865.